The molecule has 1 atom stereocenters. The number of nitro benzene ring substituents is 1. The van der Waals surface area contributed by atoms with E-state index in [1.54, 1.807) is 0 Å². The first-order chi connectivity index (χ1) is 12.4. The van der Waals surface area contributed by atoms with E-state index >= 15 is 0 Å². The van der Waals surface area contributed by atoms with Crippen LogP contribution in [0.1, 0.15) is 34.6 Å². The summed E-state index contributed by atoms with van der Waals surface area (Å²) in [5.74, 6) is -0.555. The van der Waals surface area contributed by atoms with Gasteiger partial charge in [-0.2, -0.15) is 0 Å². The molecule has 2 aliphatic heterocycles. The second-order valence-electron chi connectivity index (χ2n) is 8.48. The fourth-order valence-corrected chi connectivity index (χ4v) is 3.38. The molecule has 2 aliphatic rings. The molecule has 9 heteroatoms. The van der Waals surface area contributed by atoms with Gasteiger partial charge in [0, 0.05) is 43.3 Å². The Hall–Kier alpha value is -1.71. The highest BCUT2D eigenvalue weighted by Crippen LogP contribution is 2.38. The fourth-order valence-electron chi connectivity index (χ4n) is 3.38. The molecular formula is C18H27BFN3O4. The van der Waals surface area contributed by atoms with Gasteiger partial charge in [0.1, 0.15) is 11.5 Å². The Morgan fingerprint density at radius 3 is 2.33 bits per heavy atom. The number of piperazine rings is 1. The summed E-state index contributed by atoms with van der Waals surface area (Å²) in [4.78, 5) is 15.3. The van der Waals surface area contributed by atoms with Gasteiger partial charge in [-0.25, -0.2) is 4.39 Å². The van der Waals surface area contributed by atoms with Gasteiger partial charge in [0.15, 0.2) is 0 Å². The molecule has 7 nitrogen and oxygen atoms in total. The van der Waals surface area contributed by atoms with Gasteiger partial charge >= 0.3 is 7.12 Å². The molecule has 2 saturated heterocycles. The molecule has 27 heavy (non-hydrogen) atoms. The largest absolute Gasteiger partial charge is 0.498 e. The summed E-state index contributed by atoms with van der Waals surface area (Å²) in [5.41, 5.74) is -1.06. The third-order valence-electron chi connectivity index (χ3n) is 6.10. The van der Waals surface area contributed by atoms with Crippen LogP contribution in [0.4, 0.5) is 15.8 Å². The van der Waals surface area contributed by atoms with Crippen LogP contribution >= 0.6 is 0 Å². The third kappa shape index (κ3) is 3.55. The summed E-state index contributed by atoms with van der Waals surface area (Å²) in [7, 11) is 1.03. The van der Waals surface area contributed by atoms with Crippen LogP contribution in [0, 0.1) is 15.9 Å². The molecule has 3 rings (SSSR count). The number of halogens is 1. The lowest BCUT2D eigenvalue weighted by molar-refractivity contribution is -0.384. The average molecular weight is 379 g/mol. The normalized spacial score (nSPS) is 25.1. The zero-order chi connectivity index (χ0) is 20.1. The van der Waals surface area contributed by atoms with Gasteiger partial charge in [0.25, 0.3) is 5.69 Å². The predicted molar refractivity (Wildman–Crippen MR) is 103 cm³/mol. The number of nitrogens with zero attached hydrogens (tertiary/aromatic N) is 3. The van der Waals surface area contributed by atoms with Crippen molar-refractivity contribution >= 4 is 24.0 Å². The predicted octanol–water partition coefficient (Wildman–Crippen LogP) is 2.17. The third-order valence-corrected chi connectivity index (χ3v) is 6.10. The smallest absolute Gasteiger partial charge is 0.399 e. The minimum absolute atomic E-state index is 0.0614. The van der Waals surface area contributed by atoms with Crippen LogP contribution in [0.2, 0.25) is 0 Å². The average Bonchev–Trinajstić information content (AvgIpc) is 2.77. The van der Waals surface area contributed by atoms with E-state index in [0.29, 0.717) is 18.8 Å². The summed E-state index contributed by atoms with van der Waals surface area (Å²) in [6, 6.07) is 2.73. The summed E-state index contributed by atoms with van der Waals surface area (Å²) in [6.07, 6.45) is 0. The zero-order valence-electron chi connectivity index (χ0n) is 16.8. The number of benzene rings is 1. The quantitative estimate of drug-likeness (QED) is 0.456. The molecule has 0 saturated carbocycles. The molecule has 0 amide bonds. The molecule has 0 radical (unpaired) electrons. The lowest BCUT2D eigenvalue weighted by Crippen LogP contribution is -2.50. The van der Waals surface area contributed by atoms with Crippen LogP contribution in [0.3, 0.4) is 0 Å². The molecule has 1 aromatic rings. The first-order valence-electron chi connectivity index (χ1n) is 9.21. The van der Waals surface area contributed by atoms with Crippen LogP contribution in [-0.2, 0) is 9.31 Å². The van der Waals surface area contributed by atoms with Crippen LogP contribution in [0.25, 0.3) is 0 Å². The molecule has 0 aromatic heterocycles. The van der Waals surface area contributed by atoms with E-state index in [1.807, 2.05) is 46.6 Å². The minimum Gasteiger partial charge on any atom is -0.399 e. The van der Waals surface area contributed by atoms with Crippen molar-refractivity contribution in [1.82, 2.24) is 4.90 Å². The summed E-state index contributed by atoms with van der Waals surface area (Å²) >= 11 is 0. The summed E-state index contributed by atoms with van der Waals surface area (Å²) < 4.78 is 26.7. The van der Waals surface area contributed by atoms with E-state index in [4.69, 9.17) is 9.31 Å². The molecule has 2 fully saturated rings. The van der Waals surface area contributed by atoms with Gasteiger partial charge in [0.2, 0.25) is 0 Å². The molecule has 0 aliphatic carbocycles. The van der Waals surface area contributed by atoms with Gasteiger partial charge in [-0.3, -0.25) is 10.1 Å². The van der Waals surface area contributed by atoms with E-state index in [0.717, 1.165) is 6.54 Å². The van der Waals surface area contributed by atoms with E-state index in [2.05, 4.69) is 4.90 Å². The van der Waals surface area contributed by atoms with Crippen molar-refractivity contribution in [2.75, 3.05) is 31.6 Å². The number of hydrogen-bond acceptors (Lipinski definition) is 6. The highest BCUT2D eigenvalue weighted by Gasteiger charge is 2.53. The van der Waals surface area contributed by atoms with Crippen LogP contribution in [-0.4, -0.2) is 60.9 Å². The Morgan fingerprint density at radius 1 is 1.22 bits per heavy atom. The Morgan fingerprint density at radius 2 is 1.81 bits per heavy atom. The molecule has 0 bridgehead atoms. The molecule has 148 valence electrons. The maximum Gasteiger partial charge on any atom is 0.498 e. The number of nitro groups is 1. The Balaban J connectivity index is 1.98. The van der Waals surface area contributed by atoms with Gasteiger partial charge in [-0.05, 0) is 41.7 Å². The topological polar surface area (TPSA) is 68.1 Å². The van der Waals surface area contributed by atoms with Crippen LogP contribution < -0.4 is 10.4 Å². The maximum absolute atomic E-state index is 15.0. The van der Waals surface area contributed by atoms with Gasteiger partial charge in [-0.1, -0.05) is 0 Å². The lowest BCUT2D eigenvalue weighted by atomic mass is 9.78. The number of hydrogen-bond donors (Lipinski definition) is 0. The summed E-state index contributed by atoms with van der Waals surface area (Å²) in [5, 5.41) is 11.7. The van der Waals surface area contributed by atoms with Gasteiger partial charge in [0.05, 0.1) is 16.1 Å². The van der Waals surface area contributed by atoms with Crippen molar-refractivity contribution in [3.05, 3.63) is 28.1 Å². The molecule has 1 aromatic carbocycles. The van der Waals surface area contributed by atoms with Gasteiger partial charge in [-0.15, -0.1) is 0 Å². The first-order valence-corrected chi connectivity index (χ1v) is 9.21. The van der Waals surface area contributed by atoms with Gasteiger partial charge < -0.3 is 19.1 Å². The molecule has 0 spiro atoms. The second-order valence-corrected chi connectivity index (χ2v) is 8.48. The molecular weight excluding hydrogens is 352 g/mol. The van der Waals surface area contributed by atoms with Crippen molar-refractivity contribution in [3.8, 4) is 0 Å². The first kappa shape index (κ1) is 20.0. The standard InChI is InChI=1S/C18H27BFN3O4/c1-12-11-22(8-7-21(12)6)15-10-14(20)13(9-16(15)23(24)25)19-26-17(2,3)18(4,5)27-19/h9-10,12H,7-8,11H2,1-6H3. The highest BCUT2D eigenvalue weighted by molar-refractivity contribution is 6.62. The van der Waals surface area contributed by atoms with E-state index in [1.165, 1.54) is 12.1 Å². The van der Waals surface area contributed by atoms with Crippen molar-refractivity contribution in [2.24, 2.45) is 0 Å². The monoisotopic (exact) mass is 379 g/mol. The van der Waals surface area contributed by atoms with E-state index in [9.17, 15) is 14.5 Å². The number of rotatable bonds is 3. The van der Waals surface area contributed by atoms with Crippen molar-refractivity contribution in [2.45, 2.75) is 51.9 Å². The number of likely N-dealkylation sites (N-methyl/N-ethyl adjacent to an activating group) is 1. The maximum atomic E-state index is 15.0. The lowest BCUT2D eigenvalue weighted by Gasteiger charge is -2.38. The number of anilines is 1. The second kappa shape index (κ2) is 6.72. The molecule has 2 heterocycles. The van der Waals surface area contributed by atoms with Crippen LogP contribution in [0.15, 0.2) is 12.1 Å². The highest BCUT2D eigenvalue weighted by atomic mass is 19.1. The Kier molecular flexibility index (Phi) is 4.99. The molecule has 1 unspecified atom stereocenters. The Bertz CT molecular complexity index is 742. The van der Waals surface area contributed by atoms with Crippen molar-refractivity contribution < 1.29 is 18.6 Å². The summed E-state index contributed by atoms with van der Waals surface area (Å²) in [6.45, 7) is 11.5. The SMILES string of the molecule is CC1CN(c2cc(F)c(B3OC(C)(C)C(C)(C)O3)cc2[N+](=O)[O-])CCN1C. The minimum atomic E-state index is -0.978. The van der Waals surface area contributed by atoms with Crippen molar-refractivity contribution in [3.63, 3.8) is 0 Å². The Labute approximate surface area is 159 Å². The zero-order valence-corrected chi connectivity index (χ0v) is 16.8. The van der Waals surface area contributed by atoms with Crippen molar-refractivity contribution in [1.29, 1.82) is 0 Å². The molecule has 0 N–H and O–H groups in total. The van der Waals surface area contributed by atoms with E-state index in [-0.39, 0.29) is 17.2 Å². The van der Waals surface area contributed by atoms with E-state index < -0.39 is 29.1 Å². The fraction of sp³-hybridized carbons (Fsp3) is 0.667. The van der Waals surface area contributed by atoms with Crippen LogP contribution in [0.5, 0.6) is 0 Å².